The fraction of sp³-hybridized carbons (Fsp3) is 0.524. The van der Waals surface area contributed by atoms with Crippen molar-refractivity contribution in [3.63, 3.8) is 0 Å². The Labute approximate surface area is 173 Å². The Bertz CT molecular complexity index is 873. The van der Waals surface area contributed by atoms with Crippen molar-refractivity contribution in [1.29, 1.82) is 0 Å². The first-order valence-electron chi connectivity index (χ1n) is 9.87. The standard InChI is InChI=1S/C21H23ClN2O5/c1-10-3-6-14(8-15(10)22)23-16(25)9-29-21(28)11(2)24-19(26)17-12-4-5-13(7-12)18(17)20(24)27/h3,6,8,11-13,17-18H,4-5,7,9H2,1-2H3,(H,23,25)/t11-,12-,13-,17-,18+/m0/s1. The summed E-state index contributed by atoms with van der Waals surface area (Å²) in [5.41, 5.74) is 1.37. The molecule has 4 rings (SSSR count). The Kier molecular flexibility index (Phi) is 5.11. The maximum absolute atomic E-state index is 12.8. The van der Waals surface area contributed by atoms with Crippen LogP contribution >= 0.6 is 11.6 Å². The number of anilines is 1. The predicted octanol–water partition coefficient (Wildman–Crippen LogP) is 2.55. The molecule has 1 heterocycles. The van der Waals surface area contributed by atoms with E-state index in [1.54, 1.807) is 18.2 Å². The molecule has 8 heteroatoms. The third-order valence-electron chi connectivity index (χ3n) is 6.49. The van der Waals surface area contributed by atoms with Gasteiger partial charge in [0, 0.05) is 10.7 Å². The lowest BCUT2D eigenvalue weighted by molar-refractivity contribution is -0.159. The first kappa shape index (κ1) is 19.9. The number of aryl methyl sites for hydroxylation is 1. The van der Waals surface area contributed by atoms with Gasteiger partial charge in [0.2, 0.25) is 11.8 Å². The van der Waals surface area contributed by atoms with Crippen LogP contribution < -0.4 is 5.32 Å². The second kappa shape index (κ2) is 7.44. The molecule has 0 aromatic heterocycles. The number of hydrogen-bond donors (Lipinski definition) is 1. The second-order valence-electron chi connectivity index (χ2n) is 8.23. The van der Waals surface area contributed by atoms with Crippen molar-refractivity contribution in [2.75, 3.05) is 11.9 Å². The van der Waals surface area contributed by atoms with Crippen molar-refractivity contribution in [3.05, 3.63) is 28.8 Å². The van der Waals surface area contributed by atoms with Gasteiger partial charge in [-0.15, -0.1) is 0 Å². The molecule has 1 saturated heterocycles. The zero-order valence-corrected chi connectivity index (χ0v) is 17.1. The van der Waals surface area contributed by atoms with E-state index in [-0.39, 0.29) is 35.5 Å². The molecule has 0 spiro atoms. The SMILES string of the molecule is Cc1ccc(NC(=O)COC(=O)[C@H](C)N2C(=O)[C@@H]3[C@H]4CC[C@@H](C4)[C@@H]3C2=O)cc1Cl. The van der Waals surface area contributed by atoms with Crippen molar-refractivity contribution in [3.8, 4) is 0 Å². The molecule has 3 amide bonds. The van der Waals surface area contributed by atoms with Gasteiger partial charge in [-0.3, -0.25) is 19.3 Å². The highest BCUT2D eigenvalue weighted by Gasteiger charge is 2.62. The van der Waals surface area contributed by atoms with Gasteiger partial charge in [-0.05, 0) is 62.6 Å². The van der Waals surface area contributed by atoms with Gasteiger partial charge in [0.25, 0.3) is 5.91 Å². The molecule has 0 radical (unpaired) electrons. The average molecular weight is 419 g/mol. The van der Waals surface area contributed by atoms with Crippen LogP contribution in [-0.2, 0) is 23.9 Å². The summed E-state index contributed by atoms with van der Waals surface area (Å²) in [6.45, 7) is 2.80. The quantitative estimate of drug-likeness (QED) is 0.586. The highest BCUT2D eigenvalue weighted by Crippen LogP contribution is 2.56. The van der Waals surface area contributed by atoms with Gasteiger partial charge in [0.1, 0.15) is 6.04 Å². The van der Waals surface area contributed by atoms with E-state index in [9.17, 15) is 19.2 Å². The summed E-state index contributed by atoms with van der Waals surface area (Å²) in [6, 6.07) is 4.02. The van der Waals surface area contributed by atoms with Gasteiger partial charge in [-0.1, -0.05) is 17.7 Å². The van der Waals surface area contributed by atoms with Crippen LogP contribution in [-0.4, -0.2) is 41.2 Å². The smallest absolute Gasteiger partial charge is 0.329 e. The number of fused-ring (bicyclic) bond motifs is 5. The topological polar surface area (TPSA) is 92.8 Å². The van der Waals surface area contributed by atoms with E-state index < -0.39 is 24.5 Å². The van der Waals surface area contributed by atoms with E-state index in [4.69, 9.17) is 16.3 Å². The zero-order valence-electron chi connectivity index (χ0n) is 16.3. The maximum atomic E-state index is 12.8. The normalized spacial score (nSPS) is 28.4. The molecule has 29 heavy (non-hydrogen) atoms. The van der Waals surface area contributed by atoms with Crippen LogP contribution in [0.5, 0.6) is 0 Å². The lowest BCUT2D eigenvalue weighted by Crippen LogP contribution is -2.45. The van der Waals surface area contributed by atoms with E-state index >= 15 is 0 Å². The number of rotatable bonds is 5. The van der Waals surface area contributed by atoms with E-state index in [2.05, 4.69) is 5.32 Å². The van der Waals surface area contributed by atoms with Crippen LogP contribution in [0.2, 0.25) is 5.02 Å². The molecule has 2 bridgehead atoms. The molecule has 3 aliphatic rings. The summed E-state index contributed by atoms with van der Waals surface area (Å²) in [6.07, 6.45) is 2.88. The number of likely N-dealkylation sites (tertiary alicyclic amines) is 1. The Balaban J connectivity index is 1.34. The number of halogens is 1. The number of nitrogens with zero attached hydrogens (tertiary/aromatic N) is 1. The highest BCUT2D eigenvalue weighted by molar-refractivity contribution is 6.31. The molecule has 5 atom stereocenters. The molecule has 3 fully saturated rings. The zero-order chi connectivity index (χ0) is 20.9. The van der Waals surface area contributed by atoms with Crippen LogP contribution in [0.25, 0.3) is 0 Å². The van der Waals surface area contributed by atoms with Crippen LogP contribution in [0, 0.1) is 30.6 Å². The van der Waals surface area contributed by atoms with Crippen molar-refractivity contribution < 1.29 is 23.9 Å². The summed E-state index contributed by atoms with van der Waals surface area (Å²) in [5, 5.41) is 3.11. The number of amides is 3. The fourth-order valence-corrected chi connectivity index (χ4v) is 5.22. The van der Waals surface area contributed by atoms with Crippen molar-refractivity contribution in [1.82, 2.24) is 4.90 Å². The lowest BCUT2D eigenvalue weighted by atomic mass is 9.81. The van der Waals surface area contributed by atoms with E-state index in [0.717, 1.165) is 29.7 Å². The van der Waals surface area contributed by atoms with Gasteiger partial charge in [-0.25, -0.2) is 4.79 Å². The Morgan fingerprint density at radius 3 is 2.41 bits per heavy atom. The number of esters is 1. The molecule has 7 nitrogen and oxygen atoms in total. The monoisotopic (exact) mass is 418 g/mol. The fourth-order valence-electron chi connectivity index (χ4n) is 5.04. The molecule has 2 saturated carbocycles. The van der Waals surface area contributed by atoms with Gasteiger partial charge >= 0.3 is 5.97 Å². The van der Waals surface area contributed by atoms with Crippen molar-refractivity contribution in [2.24, 2.45) is 23.7 Å². The van der Waals surface area contributed by atoms with E-state index in [1.165, 1.54) is 6.92 Å². The molecule has 1 N–H and O–H groups in total. The molecule has 1 aromatic carbocycles. The summed E-state index contributed by atoms with van der Waals surface area (Å²) in [5.74, 6) is -1.90. The van der Waals surface area contributed by atoms with Gasteiger partial charge in [-0.2, -0.15) is 0 Å². The molecular weight excluding hydrogens is 396 g/mol. The molecule has 1 aromatic rings. The maximum Gasteiger partial charge on any atom is 0.329 e. The van der Waals surface area contributed by atoms with Crippen LogP contribution in [0.15, 0.2) is 18.2 Å². The first-order valence-corrected chi connectivity index (χ1v) is 10.2. The predicted molar refractivity (Wildman–Crippen MR) is 105 cm³/mol. The third kappa shape index (κ3) is 3.41. The Hall–Kier alpha value is -2.41. The van der Waals surface area contributed by atoms with E-state index in [1.807, 2.05) is 6.92 Å². The summed E-state index contributed by atoms with van der Waals surface area (Å²) >= 11 is 6.03. The first-order chi connectivity index (χ1) is 13.8. The second-order valence-corrected chi connectivity index (χ2v) is 8.63. The number of carbonyl (C=O) groups excluding carboxylic acids is 4. The molecule has 154 valence electrons. The van der Waals surface area contributed by atoms with Gasteiger partial charge in [0.05, 0.1) is 11.8 Å². The minimum atomic E-state index is -1.04. The van der Waals surface area contributed by atoms with Crippen LogP contribution in [0.1, 0.15) is 31.7 Å². The van der Waals surface area contributed by atoms with Crippen molar-refractivity contribution in [2.45, 2.75) is 39.2 Å². The third-order valence-corrected chi connectivity index (χ3v) is 6.90. The molecular formula is C21H23ClN2O5. The largest absolute Gasteiger partial charge is 0.454 e. The molecule has 0 unspecified atom stereocenters. The Morgan fingerprint density at radius 1 is 1.21 bits per heavy atom. The molecule has 2 aliphatic carbocycles. The summed E-state index contributed by atoms with van der Waals surface area (Å²) in [7, 11) is 0. The summed E-state index contributed by atoms with van der Waals surface area (Å²) < 4.78 is 5.06. The van der Waals surface area contributed by atoms with Crippen LogP contribution in [0.3, 0.4) is 0 Å². The van der Waals surface area contributed by atoms with Gasteiger partial charge < -0.3 is 10.1 Å². The number of nitrogens with one attached hydrogen (secondary N) is 1. The number of imide groups is 1. The van der Waals surface area contributed by atoms with Crippen LogP contribution in [0.4, 0.5) is 5.69 Å². The highest BCUT2D eigenvalue weighted by atomic mass is 35.5. The number of carbonyl (C=O) groups is 4. The Morgan fingerprint density at radius 2 is 1.83 bits per heavy atom. The minimum absolute atomic E-state index is 0.252. The number of hydrogen-bond acceptors (Lipinski definition) is 5. The minimum Gasteiger partial charge on any atom is -0.454 e. The van der Waals surface area contributed by atoms with Crippen molar-refractivity contribution >= 4 is 41.0 Å². The summed E-state index contributed by atoms with van der Waals surface area (Å²) in [4.78, 5) is 51.1. The van der Waals surface area contributed by atoms with Gasteiger partial charge in [0.15, 0.2) is 6.61 Å². The lowest BCUT2D eigenvalue weighted by Gasteiger charge is -2.23. The van der Waals surface area contributed by atoms with E-state index in [0.29, 0.717) is 10.7 Å². The number of ether oxygens (including phenoxy) is 1. The average Bonchev–Trinajstić information content (AvgIpc) is 3.36. The molecule has 1 aliphatic heterocycles. The number of benzene rings is 1.